The molecular formula is C16H13NO3S2. The minimum atomic E-state index is -3.26. The van der Waals surface area contributed by atoms with Crippen LogP contribution in [0.2, 0.25) is 0 Å². The second kappa shape index (κ2) is 5.90. The smallest absolute Gasteiger partial charge is 0.209 e. The van der Waals surface area contributed by atoms with Gasteiger partial charge in [0.15, 0.2) is 0 Å². The molecule has 0 unspecified atom stereocenters. The first-order chi connectivity index (χ1) is 10.5. The summed E-state index contributed by atoms with van der Waals surface area (Å²) in [5.74, 6) is 1.48. The van der Waals surface area contributed by atoms with Crippen molar-refractivity contribution < 1.29 is 13.2 Å². The van der Waals surface area contributed by atoms with Gasteiger partial charge >= 0.3 is 0 Å². The number of rotatable bonds is 4. The van der Waals surface area contributed by atoms with E-state index in [1.807, 2.05) is 54.6 Å². The van der Waals surface area contributed by atoms with Gasteiger partial charge in [-0.2, -0.15) is 0 Å². The van der Waals surface area contributed by atoms with Crippen molar-refractivity contribution in [3.63, 3.8) is 0 Å². The van der Waals surface area contributed by atoms with Crippen molar-refractivity contribution in [1.29, 1.82) is 0 Å². The van der Waals surface area contributed by atoms with Gasteiger partial charge in [-0.15, -0.1) is 11.3 Å². The molecule has 0 saturated carbocycles. The third-order valence-electron chi connectivity index (χ3n) is 2.93. The number of thiazole rings is 1. The summed E-state index contributed by atoms with van der Waals surface area (Å²) in [7, 11) is -3.26. The molecule has 1 heterocycles. The molecule has 0 fully saturated rings. The Morgan fingerprint density at radius 3 is 2.18 bits per heavy atom. The van der Waals surface area contributed by atoms with Gasteiger partial charge in [0.05, 0.1) is 5.69 Å². The highest BCUT2D eigenvalue weighted by Gasteiger charge is 2.13. The Labute approximate surface area is 133 Å². The van der Waals surface area contributed by atoms with Crippen LogP contribution >= 0.6 is 11.3 Å². The Balaban J connectivity index is 1.81. The Morgan fingerprint density at radius 1 is 0.955 bits per heavy atom. The average Bonchev–Trinajstić information content (AvgIpc) is 2.99. The molecule has 0 aliphatic heterocycles. The van der Waals surface area contributed by atoms with Gasteiger partial charge in [-0.3, -0.25) is 0 Å². The third kappa shape index (κ3) is 3.35. The van der Waals surface area contributed by atoms with E-state index in [2.05, 4.69) is 4.98 Å². The lowest BCUT2D eigenvalue weighted by molar-refractivity contribution is 0.483. The monoisotopic (exact) mass is 331 g/mol. The molecule has 0 amide bonds. The molecule has 0 atom stereocenters. The molecule has 0 aliphatic rings. The largest absolute Gasteiger partial charge is 0.457 e. The van der Waals surface area contributed by atoms with E-state index < -0.39 is 9.84 Å². The second-order valence-electron chi connectivity index (χ2n) is 4.71. The highest BCUT2D eigenvalue weighted by molar-refractivity contribution is 7.92. The zero-order valence-corrected chi connectivity index (χ0v) is 13.4. The highest BCUT2D eigenvalue weighted by Crippen LogP contribution is 2.27. The fourth-order valence-corrected chi connectivity index (χ4v) is 3.54. The van der Waals surface area contributed by atoms with Crippen molar-refractivity contribution in [3.8, 4) is 22.8 Å². The van der Waals surface area contributed by atoms with Crippen molar-refractivity contribution in [2.24, 2.45) is 0 Å². The summed E-state index contributed by atoms with van der Waals surface area (Å²) >= 11 is 1.13. The Kier molecular flexibility index (Phi) is 3.96. The molecule has 1 aromatic heterocycles. The van der Waals surface area contributed by atoms with Crippen LogP contribution in [0.1, 0.15) is 0 Å². The second-order valence-corrected chi connectivity index (χ2v) is 7.76. The lowest BCUT2D eigenvalue weighted by Gasteiger charge is -2.05. The highest BCUT2D eigenvalue weighted by atomic mass is 32.2. The first kappa shape index (κ1) is 14.7. The van der Waals surface area contributed by atoms with Crippen LogP contribution in [0.3, 0.4) is 0 Å². The summed E-state index contributed by atoms with van der Waals surface area (Å²) in [5, 5.41) is 1.74. The van der Waals surface area contributed by atoms with Crippen molar-refractivity contribution in [2.45, 2.75) is 4.34 Å². The summed E-state index contributed by atoms with van der Waals surface area (Å²) in [6.45, 7) is 0. The van der Waals surface area contributed by atoms with Gasteiger partial charge in [-0.25, -0.2) is 13.4 Å². The van der Waals surface area contributed by atoms with E-state index >= 15 is 0 Å². The van der Waals surface area contributed by atoms with Gasteiger partial charge in [0, 0.05) is 17.2 Å². The summed E-state index contributed by atoms with van der Waals surface area (Å²) in [5.41, 5.74) is 1.50. The van der Waals surface area contributed by atoms with E-state index in [9.17, 15) is 8.42 Å². The minimum absolute atomic E-state index is 0.132. The van der Waals surface area contributed by atoms with Crippen LogP contribution in [0.15, 0.2) is 64.3 Å². The van der Waals surface area contributed by atoms with E-state index in [-0.39, 0.29) is 4.34 Å². The SMILES string of the molecule is CS(=O)(=O)c1nc(-c2ccc(Oc3ccccc3)cc2)cs1. The van der Waals surface area contributed by atoms with Crippen LogP contribution < -0.4 is 4.74 Å². The minimum Gasteiger partial charge on any atom is -0.457 e. The normalized spacial score (nSPS) is 11.3. The Morgan fingerprint density at radius 2 is 1.59 bits per heavy atom. The van der Waals surface area contributed by atoms with E-state index in [1.165, 1.54) is 0 Å². The van der Waals surface area contributed by atoms with E-state index in [1.54, 1.807) is 5.38 Å². The summed E-state index contributed by atoms with van der Waals surface area (Å²) in [4.78, 5) is 4.16. The summed E-state index contributed by atoms with van der Waals surface area (Å²) in [6, 6.07) is 16.9. The fourth-order valence-electron chi connectivity index (χ4n) is 1.88. The molecule has 112 valence electrons. The predicted octanol–water partition coefficient (Wildman–Crippen LogP) is 4.01. The average molecular weight is 331 g/mol. The van der Waals surface area contributed by atoms with E-state index in [0.29, 0.717) is 11.4 Å². The standard InChI is InChI=1S/C16H13NO3S2/c1-22(18,19)16-17-15(11-21-16)12-7-9-14(10-8-12)20-13-5-3-2-4-6-13/h2-11H,1H3. The molecule has 3 aromatic rings. The topological polar surface area (TPSA) is 56.3 Å². The number of nitrogens with zero attached hydrogens (tertiary/aromatic N) is 1. The number of para-hydroxylation sites is 1. The van der Waals surface area contributed by atoms with Crippen LogP contribution in [0.25, 0.3) is 11.3 Å². The molecule has 0 spiro atoms. The quantitative estimate of drug-likeness (QED) is 0.725. The number of sulfone groups is 1. The number of hydrogen-bond acceptors (Lipinski definition) is 5. The molecule has 2 aromatic carbocycles. The molecule has 4 nitrogen and oxygen atoms in total. The van der Waals surface area contributed by atoms with Crippen molar-refractivity contribution >= 4 is 21.2 Å². The summed E-state index contributed by atoms with van der Waals surface area (Å²) < 4.78 is 28.8. The maximum atomic E-state index is 11.5. The molecule has 22 heavy (non-hydrogen) atoms. The van der Waals surface area contributed by atoms with Gasteiger partial charge in [-0.1, -0.05) is 18.2 Å². The molecule has 0 bridgehead atoms. The summed E-state index contributed by atoms with van der Waals surface area (Å²) in [6.07, 6.45) is 1.16. The van der Waals surface area contributed by atoms with E-state index in [0.717, 1.165) is 28.9 Å². The number of ether oxygens (including phenoxy) is 1. The zero-order chi connectivity index (χ0) is 15.6. The molecule has 6 heteroatoms. The van der Waals surface area contributed by atoms with Crippen molar-refractivity contribution in [1.82, 2.24) is 4.98 Å². The third-order valence-corrected chi connectivity index (χ3v) is 5.49. The molecule has 0 N–H and O–H groups in total. The molecular weight excluding hydrogens is 318 g/mol. The fraction of sp³-hybridized carbons (Fsp3) is 0.0625. The molecule has 0 saturated heterocycles. The first-order valence-electron chi connectivity index (χ1n) is 6.51. The van der Waals surface area contributed by atoms with E-state index in [4.69, 9.17) is 4.74 Å². The number of hydrogen-bond donors (Lipinski definition) is 0. The van der Waals surface area contributed by atoms with Gasteiger partial charge in [0.2, 0.25) is 14.2 Å². The van der Waals surface area contributed by atoms with Gasteiger partial charge < -0.3 is 4.74 Å². The molecule has 3 rings (SSSR count). The van der Waals surface area contributed by atoms with Gasteiger partial charge in [0.1, 0.15) is 11.5 Å². The first-order valence-corrected chi connectivity index (χ1v) is 9.28. The van der Waals surface area contributed by atoms with Crippen LogP contribution in [0, 0.1) is 0 Å². The van der Waals surface area contributed by atoms with Crippen molar-refractivity contribution in [2.75, 3.05) is 6.26 Å². The maximum absolute atomic E-state index is 11.5. The molecule has 0 aliphatic carbocycles. The lowest BCUT2D eigenvalue weighted by Crippen LogP contribution is -1.95. The van der Waals surface area contributed by atoms with Crippen molar-refractivity contribution in [3.05, 3.63) is 60.0 Å². The number of benzene rings is 2. The van der Waals surface area contributed by atoms with Crippen LogP contribution in [0.4, 0.5) is 0 Å². The number of aromatic nitrogens is 1. The molecule has 0 radical (unpaired) electrons. The zero-order valence-electron chi connectivity index (χ0n) is 11.8. The maximum Gasteiger partial charge on any atom is 0.209 e. The van der Waals surface area contributed by atoms with Crippen LogP contribution in [-0.4, -0.2) is 19.7 Å². The van der Waals surface area contributed by atoms with Crippen LogP contribution in [-0.2, 0) is 9.84 Å². The van der Waals surface area contributed by atoms with Gasteiger partial charge in [0.25, 0.3) is 0 Å². The van der Waals surface area contributed by atoms with Gasteiger partial charge in [-0.05, 0) is 36.4 Å². The lowest BCUT2D eigenvalue weighted by atomic mass is 10.2. The van der Waals surface area contributed by atoms with Crippen LogP contribution in [0.5, 0.6) is 11.5 Å². The Hall–Kier alpha value is -2.18. The Bertz CT molecular complexity index is 869. The predicted molar refractivity (Wildman–Crippen MR) is 87.2 cm³/mol.